The Morgan fingerprint density at radius 2 is 1.88 bits per heavy atom. The Balaban J connectivity index is 0.00000225. The minimum atomic E-state index is 0. The van der Waals surface area contributed by atoms with Crippen molar-refractivity contribution in [3.05, 3.63) is 51.5 Å². The molecule has 2 aromatic rings. The summed E-state index contributed by atoms with van der Waals surface area (Å²) in [7, 11) is 0. The average Bonchev–Trinajstić information content (AvgIpc) is 2.93. The largest absolute Gasteiger partial charge is 0.342 e. The quantitative estimate of drug-likeness (QED) is 0.887. The molecule has 0 bridgehead atoms. The first kappa shape index (κ1) is 19.9. The van der Waals surface area contributed by atoms with Crippen LogP contribution in [0.4, 0.5) is 0 Å². The zero-order valence-electron chi connectivity index (χ0n) is 14.8. The minimum absolute atomic E-state index is 0. The maximum atomic E-state index is 12.6. The second-order valence-corrected chi connectivity index (χ2v) is 7.94. The van der Waals surface area contributed by atoms with E-state index in [-0.39, 0.29) is 23.7 Å². The first-order valence-corrected chi connectivity index (χ1v) is 9.32. The molecule has 1 aliphatic rings. The van der Waals surface area contributed by atoms with Crippen LogP contribution in [0.1, 0.15) is 34.0 Å². The number of carbonyl (C=O) groups excluding carboxylic acids is 1. The van der Waals surface area contributed by atoms with Crippen LogP contribution in [0.2, 0.25) is 0 Å². The smallest absolute Gasteiger partial charge is 0.227 e. The summed E-state index contributed by atoms with van der Waals surface area (Å²) in [4.78, 5) is 20.1. The number of thiazole rings is 1. The molecule has 1 saturated heterocycles. The first-order chi connectivity index (χ1) is 11.5. The van der Waals surface area contributed by atoms with Gasteiger partial charge in [-0.05, 0) is 32.3 Å². The van der Waals surface area contributed by atoms with Gasteiger partial charge in [0.15, 0.2) is 0 Å². The maximum absolute atomic E-state index is 12.6. The molecular weight excluding hydrogens is 354 g/mol. The average molecular weight is 380 g/mol. The van der Waals surface area contributed by atoms with E-state index >= 15 is 0 Å². The predicted molar refractivity (Wildman–Crippen MR) is 106 cm³/mol. The molecule has 0 spiro atoms. The van der Waals surface area contributed by atoms with E-state index in [0.717, 1.165) is 41.5 Å². The Kier molecular flexibility index (Phi) is 6.60. The molecule has 6 heteroatoms. The summed E-state index contributed by atoms with van der Waals surface area (Å²) in [6.07, 6.45) is 2.33. The molecule has 2 heterocycles. The van der Waals surface area contributed by atoms with E-state index in [0.29, 0.717) is 13.0 Å². The van der Waals surface area contributed by atoms with Crippen LogP contribution in [0.5, 0.6) is 0 Å². The minimum Gasteiger partial charge on any atom is -0.342 e. The Morgan fingerprint density at radius 1 is 1.24 bits per heavy atom. The molecule has 1 fully saturated rings. The number of amides is 1. The van der Waals surface area contributed by atoms with Crippen molar-refractivity contribution in [1.82, 2.24) is 9.88 Å². The Morgan fingerprint density at radius 3 is 2.40 bits per heavy atom. The summed E-state index contributed by atoms with van der Waals surface area (Å²) in [5.74, 6) is 0.209. The normalized spacial score (nSPS) is 16.4. The molecule has 2 N–H and O–H groups in total. The zero-order valence-corrected chi connectivity index (χ0v) is 16.5. The molecule has 0 saturated carbocycles. The van der Waals surface area contributed by atoms with E-state index in [9.17, 15) is 4.79 Å². The van der Waals surface area contributed by atoms with Crippen molar-refractivity contribution in [2.24, 2.45) is 5.73 Å². The van der Waals surface area contributed by atoms with Crippen LogP contribution in [0.15, 0.2) is 30.3 Å². The van der Waals surface area contributed by atoms with Crippen LogP contribution < -0.4 is 5.73 Å². The molecule has 0 aliphatic carbocycles. The number of carbonyl (C=O) groups is 1. The molecule has 1 amide bonds. The molecule has 1 aromatic heterocycles. The van der Waals surface area contributed by atoms with E-state index in [1.165, 1.54) is 5.56 Å². The molecule has 0 radical (unpaired) electrons. The van der Waals surface area contributed by atoms with E-state index < -0.39 is 0 Å². The monoisotopic (exact) mass is 379 g/mol. The molecule has 0 unspecified atom stereocenters. The third-order valence-corrected chi connectivity index (χ3v) is 6.23. The number of nitrogens with zero attached hydrogens (tertiary/aromatic N) is 2. The van der Waals surface area contributed by atoms with Crippen molar-refractivity contribution in [2.75, 3.05) is 19.6 Å². The van der Waals surface area contributed by atoms with Gasteiger partial charge in [-0.15, -0.1) is 23.7 Å². The lowest BCUT2D eigenvalue weighted by atomic mass is 9.73. The maximum Gasteiger partial charge on any atom is 0.227 e. The zero-order chi connectivity index (χ0) is 17.2. The lowest BCUT2D eigenvalue weighted by Gasteiger charge is -2.41. The topological polar surface area (TPSA) is 59.2 Å². The lowest BCUT2D eigenvalue weighted by molar-refractivity contribution is -0.132. The van der Waals surface area contributed by atoms with Gasteiger partial charge in [0.05, 0.1) is 17.1 Å². The number of hydrogen-bond donors (Lipinski definition) is 1. The highest BCUT2D eigenvalue weighted by Crippen LogP contribution is 2.34. The number of aryl methyl sites for hydroxylation is 2. The molecule has 0 atom stereocenters. The number of nitrogens with two attached hydrogens (primary N) is 1. The number of aromatic nitrogens is 1. The summed E-state index contributed by atoms with van der Waals surface area (Å²) in [6.45, 7) is 6.16. The third-order valence-electron chi connectivity index (χ3n) is 5.16. The summed E-state index contributed by atoms with van der Waals surface area (Å²) < 4.78 is 0. The van der Waals surface area contributed by atoms with Crippen LogP contribution in [-0.4, -0.2) is 35.4 Å². The SMILES string of the molecule is Cc1nc(C)c(CC(=O)N2CCC(CN)(c3ccccc3)CC2)s1.Cl. The highest BCUT2D eigenvalue weighted by molar-refractivity contribution is 7.11. The Hall–Kier alpha value is -1.43. The fraction of sp³-hybridized carbons (Fsp3) is 0.474. The van der Waals surface area contributed by atoms with Gasteiger partial charge in [0.2, 0.25) is 5.91 Å². The van der Waals surface area contributed by atoms with Crippen molar-refractivity contribution < 1.29 is 4.79 Å². The molecule has 3 rings (SSSR count). The molecular formula is C19H26ClN3OS. The van der Waals surface area contributed by atoms with Gasteiger partial charge in [-0.3, -0.25) is 4.79 Å². The molecule has 1 aromatic carbocycles. The Bertz CT molecular complexity index is 709. The van der Waals surface area contributed by atoms with Gasteiger partial charge in [-0.25, -0.2) is 4.98 Å². The van der Waals surface area contributed by atoms with Gasteiger partial charge in [-0.2, -0.15) is 0 Å². The second-order valence-electron chi connectivity index (χ2n) is 6.65. The van der Waals surface area contributed by atoms with Crippen molar-refractivity contribution in [3.63, 3.8) is 0 Å². The van der Waals surface area contributed by atoms with Crippen LogP contribution in [-0.2, 0) is 16.6 Å². The standard InChI is InChI=1S/C19H25N3OS.ClH/c1-14-17(24-15(2)21-14)12-18(23)22-10-8-19(13-20,9-11-22)16-6-4-3-5-7-16;/h3-7H,8-13,20H2,1-2H3;1H. The van der Waals surface area contributed by atoms with Crippen LogP contribution in [0.3, 0.4) is 0 Å². The van der Waals surface area contributed by atoms with Gasteiger partial charge < -0.3 is 10.6 Å². The summed E-state index contributed by atoms with van der Waals surface area (Å²) >= 11 is 1.63. The number of piperidine rings is 1. The van der Waals surface area contributed by atoms with Crippen LogP contribution >= 0.6 is 23.7 Å². The second kappa shape index (κ2) is 8.30. The van der Waals surface area contributed by atoms with E-state index in [2.05, 4.69) is 29.2 Å². The number of halogens is 1. The van der Waals surface area contributed by atoms with E-state index in [1.54, 1.807) is 11.3 Å². The number of likely N-dealkylation sites (tertiary alicyclic amines) is 1. The molecule has 25 heavy (non-hydrogen) atoms. The van der Waals surface area contributed by atoms with Gasteiger partial charge in [0.1, 0.15) is 0 Å². The fourth-order valence-electron chi connectivity index (χ4n) is 3.57. The van der Waals surface area contributed by atoms with Gasteiger partial charge >= 0.3 is 0 Å². The van der Waals surface area contributed by atoms with Gasteiger partial charge in [0.25, 0.3) is 0 Å². The highest BCUT2D eigenvalue weighted by atomic mass is 35.5. The number of rotatable bonds is 4. The highest BCUT2D eigenvalue weighted by Gasteiger charge is 2.36. The molecule has 136 valence electrons. The van der Waals surface area contributed by atoms with Crippen molar-refractivity contribution in [3.8, 4) is 0 Å². The van der Waals surface area contributed by atoms with Crippen molar-refractivity contribution in [2.45, 2.75) is 38.5 Å². The predicted octanol–water partition coefficient (Wildman–Crippen LogP) is 3.24. The van der Waals surface area contributed by atoms with E-state index in [4.69, 9.17) is 5.73 Å². The van der Waals surface area contributed by atoms with E-state index in [1.807, 2.05) is 24.8 Å². The lowest BCUT2D eigenvalue weighted by Crippen LogP contribution is -2.48. The van der Waals surface area contributed by atoms with Gasteiger partial charge in [0, 0.05) is 29.9 Å². The van der Waals surface area contributed by atoms with Crippen molar-refractivity contribution >= 4 is 29.7 Å². The molecule has 4 nitrogen and oxygen atoms in total. The fourth-order valence-corrected chi connectivity index (χ4v) is 4.50. The summed E-state index contributed by atoms with van der Waals surface area (Å²) in [5.41, 5.74) is 8.43. The molecule has 1 aliphatic heterocycles. The Labute approximate surface area is 159 Å². The van der Waals surface area contributed by atoms with Crippen LogP contribution in [0.25, 0.3) is 0 Å². The number of benzene rings is 1. The summed E-state index contributed by atoms with van der Waals surface area (Å²) in [5, 5.41) is 1.03. The van der Waals surface area contributed by atoms with Crippen molar-refractivity contribution in [1.29, 1.82) is 0 Å². The summed E-state index contributed by atoms with van der Waals surface area (Å²) in [6, 6.07) is 10.5. The van der Waals surface area contributed by atoms with Crippen LogP contribution in [0, 0.1) is 13.8 Å². The third kappa shape index (κ3) is 4.22. The van der Waals surface area contributed by atoms with Gasteiger partial charge in [-0.1, -0.05) is 30.3 Å². The first-order valence-electron chi connectivity index (χ1n) is 8.50. The number of hydrogen-bond acceptors (Lipinski definition) is 4.